The van der Waals surface area contributed by atoms with Crippen LogP contribution in [0.25, 0.3) is 10.4 Å². The fourth-order valence-corrected chi connectivity index (χ4v) is 4.04. The lowest BCUT2D eigenvalue weighted by atomic mass is 10.1. The lowest BCUT2D eigenvalue weighted by Gasteiger charge is -2.26. The number of aryl methyl sites for hydroxylation is 2. The summed E-state index contributed by atoms with van der Waals surface area (Å²) in [4.78, 5) is 16.5. The minimum atomic E-state index is -0.00120. The van der Waals surface area contributed by atoms with Crippen molar-refractivity contribution in [2.24, 2.45) is 7.05 Å². The number of aromatic nitrogens is 2. The minimum absolute atomic E-state index is 0.00120. The van der Waals surface area contributed by atoms with Crippen molar-refractivity contribution in [2.45, 2.75) is 13.8 Å². The molecule has 3 heterocycles. The van der Waals surface area contributed by atoms with Crippen molar-refractivity contribution >= 4 is 17.2 Å². The van der Waals surface area contributed by atoms with E-state index in [-0.39, 0.29) is 5.91 Å². The third kappa shape index (κ3) is 3.68. The number of carbonyl (C=O) groups is 1. The maximum atomic E-state index is 12.3. The highest BCUT2D eigenvalue weighted by Gasteiger charge is 2.16. The van der Waals surface area contributed by atoms with Crippen LogP contribution in [0, 0.1) is 13.8 Å². The average molecular weight is 348 g/mol. The van der Waals surface area contributed by atoms with Crippen molar-refractivity contribution in [1.82, 2.24) is 20.0 Å². The Morgan fingerprint density at radius 1 is 1.33 bits per heavy atom. The maximum Gasteiger partial charge on any atom is 0.261 e. The topological polar surface area (TPSA) is 59.4 Å². The van der Waals surface area contributed by atoms with E-state index in [4.69, 9.17) is 4.74 Å². The highest BCUT2D eigenvalue weighted by Crippen LogP contribution is 2.32. The molecular formula is C17H24N4O2S. The second-order valence-corrected chi connectivity index (χ2v) is 7.13. The molecule has 1 aliphatic rings. The molecule has 0 aliphatic carbocycles. The maximum absolute atomic E-state index is 12.3. The molecule has 24 heavy (non-hydrogen) atoms. The quantitative estimate of drug-likeness (QED) is 0.896. The molecule has 1 saturated heterocycles. The lowest BCUT2D eigenvalue weighted by molar-refractivity contribution is 0.0383. The van der Waals surface area contributed by atoms with Crippen LogP contribution in [0.15, 0.2) is 12.1 Å². The van der Waals surface area contributed by atoms with Gasteiger partial charge in [0.15, 0.2) is 0 Å². The molecular weight excluding hydrogens is 324 g/mol. The fourth-order valence-electron chi connectivity index (χ4n) is 2.96. The van der Waals surface area contributed by atoms with Crippen molar-refractivity contribution in [3.8, 4) is 10.4 Å². The van der Waals surface area contributed by atoms with Crippen LogP contribution < -0.4 is 5.32 Å². The van der Waals surface area contributed by atoms with Gasteiger partial charge >= 0.3 is 0 Å². The molecule has 0 atom stereocenters. The zero-order valence-corrected chi connectivity index (χ0v) is 15.3. The van der Waals surface area contributed by atoms with Gasteiger partial charge in [-0.05, 0) is 26.0 Å². The van der Waals surface area contributed by atoms with E-state index in [1.54, 1.807) is 0 Å². The first-order chi connectivity index (χ1) is 11.6. The van der Waals surface area contributed by atoms with Crippen LogP contribution in [0.4, 0.5) is 0 Å². The molecule has 0 unspecified atom stereocenters. The summed E-state index contributed by atoms with van der Waals surface area (Å²) in [5.74, 6) is -0.00120. The third-order valence-electron chi connectivity index (χ3n) is 4.40. The first kappa shape index (κ1) is 17.1. The zero-order valence-electron chi connectivity index (χ0n) is 14.5. The molecule has 0 aromatic carbocycles. The van der Waals surface area contributed by atoms with E-state index < -0.39 is 0 Å². The molecule has 3 rings (SSSR count). The van der Waals surface area contributed by atoms with Gasteiger partial charge in [-0.3, -0.25) is 14.4 Å². The second kappa shape index (κ2) is 7.46. The van der Waals surface area contributed by atoms with E-state index in [0.717, 1.165) is 59.6 Å². The first-order valence-corrected chi connectivity index (χ1v) is 9.06. The van der Waals surface area contributed by atoms with Crippen molar-refractivity contribution < 1.29 is 9.53 Å². The second-order valence-electron chi connectivity index (χ2n) is 6.04. The number of rotatable bonds is 5. The van der Waals surface area contributed by atoms with Crippen LogP contribution in [0.5, 0.6) is 0 Å². The Morgan fingerprint density at radius 2 is 2.08 bits per heavy atom. The van der Waals surface area contributed by atoms with Gasteiger partial charge in [-0.15, -0.1) is 11.3 Å². The Labute approximate surface area is 146 Å². The molecule has 1 amide bonds. The largest absolute Gasteiger partial charge is 0.379 e. The summed E-state index contributed by atoms with van der Waals surface area (Å²) in [5, 5.41) is 7.46. The van der Waals surface area contributed by atoms with Crippen LogP contribution in [-0.4, -0.2) is 60.0 Å². The van der Waals surface area contributed by atoms with E-state index >= 15 is 0 Å². The summed E-state index contributed by atoms with van der Waals surface area (Å²) >= 11 is 1.52. The SMILES string of the molecule is Cc1nn(C)c(C)c1-c1ccc(C(=O)NCCN2CCOCC2)s1. The molecule has 0 spiro atoms. The Hall–Kier alpha value is -1.70. The van der Waals surface area contributed by atoms with Crippen LogP contribution in [0.1, 0.15) is 21.1 Å². The van der Waals surface area contributed by atoms with Gasteiger partial charge in [-0.2, -0.15) is 5.10 Å². The van der Waals surface area contributed by atoms with E-state index in [0.29, 0.717) is 6.54 Å². The molecule has 6 nitrogen and oxygen atoms in total. The van der Waals surface area contributed by atoms with Gasteiger partial charge in [0.1, 0.15) is 0 Å². The number of hydrogen-bond acceptors (Lipinski definition) is 5. The number of amides is 1. The smallest absolute Gasteiger partial charge is 0.261 e. The standard InChI is InChI=1S/C17H24N4O2S/c1-12-16(13(2)20(3)19-12)14-4-5-15(24-14)17(22)18-6-7-21-8-10-23-11-9-21/h4-5H,6-11H2,1-3H3,(H,18,22). The van der Waals surface area contributed by atoms with Crippen LogP contribution in [0.2, 0.25) is 0 Å². The molecule has 2 aromatic heterocycles. The highest BCUT2D eigenvalue weighted by molar-refractivity contribution is 7.17. The Balaban J connectivity index is 1.59. The number of ether oxygens (including phenoxy) is 1. The molecule has 1 N–H and O–H groups in total. The zero-order chi connectivity index (χ0) is 17.1. The van der Waals surface area contributed by atoms with Crippen LogP contribution >= 0.6 is 11.3 Å². The van der Waals surface area contributed by atoms with Crippen LogP contribution in [0.3, 0.4) is 0 Å². The Bertz CT molecular complexity index is 716. The van der Waals surface area contributed by atoms with Gasteiger partial charge in [0.2, 0.25) is 0 Å². The number of nitrogens with zero attached hydrogens (tertiary/aromatic N) is 3. The number of morpholine rings is 1. The van der Waals surface area contributed by atoms with E-state index in [1.807, 2.05) is 30.8 Å². The Morgan fingerprint density at radius 3 is 2.75 bits per heavy atom. The summed E-state index contributed by atoms with van der Waals surface area (Å²) in [7, 11) is 1.94. The number of carbonyl (C=O) groups excluding carboxylic acids is 1. The molecule has 2 aromatic rings. The summed E-state index contributed by atoms with van der Waals surface area (Å²) < 4.78 is 7.21. The summed E-state index contributed by atoms with van der Waals surface area (Å²) in [6.45, 7) is 9.04. The summed E-state index contributed by atoms with van der Waals surface area (Å²) in [6.07, 6.45) is 0. The van der Waals surface area contributed by atoms with Gasteiger partial charge in [0, 0.05) is 49.4 Å². The average Bonchev–Trinajstić information content (AvgIpc) is 3.14. The van der Waals surface area contributed by atoms with Gasteiger partial charge in [0.05, 0.1) is 23.8 Å². The van der Waals surface area contributed by atoms with Crippen molar-refractivity contribution in [3.05, 3.63) is 28.4 Å². The molecule has 7 heteroatoms. The first-order valence-electron chi connectivity index (χ1n) is 8.25. The van der Waals surface area contributed by atoms with Crippen molar-refractivity contribution in [3.63, 3.8) is 0 Å². The predicted molar refractivity (Wildman–Crippen MR) is 95.6 cm³/mol. The summed E-state index contributed by atoms with van der Waals surface area (Å²) in [6, 6.07) is 3.91. The molecule has 0 bridgehead atoms. The normalized spacial score (nSPS) is 15.6. The van der Waals surface area contributed by atoms with Gasteiger partial charge in [-0.25, -0.2) is 0 Å². The van der Waals surface area contributed by atoms with Gasteiger partial charge in [0.25, 0.3) is 5.91 Å². The highest BCUT2D eigenvalue weighted by atomic mass is 32.1. The number of hydrogen-bond donors (Lipinski definition) is 1. The lowest BCUT2D eigenvalue weighted by Crippen LogP contribution is -2.41. The van der Waals surface area contributed by atoms with Crippen molar-refractivity contribution in [1.29, 1.82) is 0 Å². The minimum Gasteiger partial charge on any atom is -0.379 e. The molecule has 0 saturated carbocycles. The van der Waals surface area contributed by atoms with Gasteiger partial charge < -0.3 is 10.1 Å². The molecule has 1 fully saturated rings. The van der Waals surface area contributed by atoms with Gasteiger partial charge in [-0.1, -0.05) is 0 Å². The summed E-state index contributed by atoms with van der Waals surface area (Å²) in [5.41, 5.74) is 3.25. The van der Waals surface area contributed by atoms with E-state index in [2.05, 4.69) is 22.2 Å². The predicted octanol–water partition coefficient (Wildman–Crippen LogP) is 1.83. The Kier molecular flexibility index (Phi) is 5.33. The van der Waals surface area contributed by atoms with Crippen LogP contribution in [-0.2, 0) is 11.8 Å². The molecule has 0 radical (unpaired) electrons. The third-order valence-corrected chi connectivity index (χ3v) is 5.50. The fraction of sp³-hybridized carbons (Fsp3) is 0.529. The number of nitrogens with one attached hydrogen (secondary N) is 1. The molecule has 130 valence electrons. The molecule has 1 aliphatic heterocycles. The monoisotopic (exact) mass is 348 g/mol. The number of thiophene rings is 1. The van der Waals surface area contributed by atoms with Crippen molar-refractivity contribution in [2.75, 3.05) is 39.4 Å². The van der Waals surface area contributed by atoms with E-state index in [9.17, 15) is 4.79 Å². The van der Waals surface area contributed by atoms with E-state index in [1.165, 1.54) is 11.3 Å².